The fraction of sp³-hybridized carbons (Fsp3) is 0.467. The van der Waals surface area contributed by atoms with Gasteiger partial charge in [-0.05, 0) is 39.3 Å². The Morgan fingerprint density at radius 1 is 1.32 bits per heavy atom. The highest BCUT2D eigenvalue weighted by atomic mass is 16.6. The monoisotopic (exact) mass is 264 g/mol. The highest BCUT2D eigenvalue weighted by molar-refractivity contribution is 5.75. The SMILES string of the molecule is CC(C)(C)OC(=O)CCCOc1cccc(C=O)c1. The first kappa shape index (κ1) is 15.2. The standard InChI is InChI=1S/C15H20O4/c1-15(2,3)19-14(17)8-5-9-18-13-7-4-6-12(10-13)11-16/h4,6-7,10-11H,5,8-9H2,1-3H3. The molecule has 0 saturated carbocycles. The Labute approximate surface area is 113 Å². The van der Waals surface area contributed by atoms with Crippen molar-refractivity contribution in [2.45, 2.75) is 39.2 Å². The molecule has 0 saturated heterocycles. The van der Waals surface area contributed by atoms with Crippen molar-refractivity contribution >= 4 is 12.3 Å². The molecule has 104 valence electrons. The Hall–Kier alpha value is -1.84. The third-order valence-electron chi connectivity index (χ3n) is 2.21. The third kappa shape index (κ3) is 6.60. The quantitative estimate of drug-likeness (QED) is 0.450. The molecule has 4 nitrogen and oxygen atoms in total. The zero-order valence-electron chi connectivity index (χ0n) is 11.6. The summed E-state index contributed by atoms with van der Waals surface area (Å²) in [7, 11) is 0. The summed E-state index contributed by atoms with van der Waals surface area (Å²) >= 11 is 0. The molecule has 0 N–H and O–H groups in total. The molecule has 0 atom stereocenters. The van der Waals surface area contributed by atoms with Crippen molar-refractivity contribution < 1.29 is 19.1 Å². The number of carbonyl (C=O) groups is 2. The summed E-state index contributed by atoms with van der Waals surface area (Å²) < 4.78 is 10.6. The van der Waals surface area contributed by atoms with Crippen molar-refractivity contribution in [1.29, 1.82) is 0 Å². The predicted octanol–water partition coefficient (Wildman–Crippen LogP) is 3.00. The van der Waals surface area contributed by atoms with E-state index in [1.165, 1.54) is 0 Å². The average Bonchev–Trinajstić information content (AvgIpc) is 2.33. The normalized spacial score (nSPS) is 10.9. The highest BCUT2D eigenvalue weighted by Crippen LogP contribution is 2.13. The second-order valence-corrected chi connectivity index (χ2v) is 5.23. The van der Waals surface area contributed by atoms with Crippen LogP contribution in [0.4, 0.5) is 0 Å². The fourth-order valence-electron chi connectivity index (χ4n) is 1.48. The van der Waals surface area contributed by atoms with Crippen molar-refractivity contribution in [3.8, 4) is 5.75 Å². The van der Waals surface area contributed by atoms with E-state index in [9.17, 15) is 9.59 Å². The van der Waals surface area contributed by atoms with Crippen LogP contribution in [-0.4, -0.2) is 24.5 Å². The lowest BCUT2D eigenvalue weighted by molar-refractivity contribution is -0.155. The van der Waals surface area contributed by atoms with E-state index in [0.717, 1.165) is 6.29 Å². The number of hydrogen-bond donors (Lipinski definition) is 0. The summed E-state index contributed by atoms with van der Waals surface area (Å²) in [6, 6.07) is 6.91. The lowest BCUT2D eigenvalue weighted by atomic mass is 10.2. The van der Waals surface area contributed by atoms with Gasteiger partial charge >= 0.3 is 5.97 Å². The van der Waals surface area contributed by atoms with Crippen LogP contribution in [0.3, 0.4) is 0 Å². The van der Waals surface area contributed by atoms with Crippen LogP contribution in [0.25, 0.3) is 0 Å². The van der Waals surface area contributed by atoms with Gasteiger partial charge in [-0.25, -0.2) is 0 Å². The van der Waals surface area contributed by atoms with E-state index in [2.05, 4.69) is 0 Å². The molecule has 0 aliphatic rings. The number of hydrogen-bond acceptors (Lipinski definition) is 4. The van der Waals surface area contributed by atoms with Crippen LogP contribution in [0.15, 0.2) is 24.3 Å². The van der Waals surface area contributed by atoms with Gasteiger partial charge in [-0.2, -0.15) is 0 Å². The van der Waals surface area contributed by atoms with Gasteiger partial charge in [-0.3, -0.25) is 9.59 Å². The molecule has 0 amide bonds. The van der Waals surface area contributed by atoms with E-state index in [1.807, 2.05) is 20.8 Å². The maximum atomic E-state index is 11.4. The van der Waals surface area contributed by atoms with E-state index < -0.39 is 5.60 Å². The minimum atomic E-state index is -0.448. The van der Waals surface area contributed by atoms with Crippen LogP contribution in [-0.2, 0) is 9.53 Å². The molecule has 0 fully saturated rings. The fourth-order valence-corrected chi connectivity index (χ4v) is 1.48. The lowest BCUT2D eigenvalue weighted by Gasteiger charge is -2.19. The maximum Gasteiger partial charge on any atom is 0.306 e. The third-order valence-corrected chi connectivity index (χ3v) is 2.21. The van der Waals surface area contributed by atoms with Gasteiger partial charge in [0.15, 0.2) is 0 Å². The molecular formula is C15H20O4. The zero-order chi connectivity index (χ0) is 14.3. The lowest BCUT2D eigenvalue weighted by Crippen LogP contribution is -2.23. The first-order valence-electron chi connectivity index (χ1n) is 6.30. The van der Waals surface area contributed by atoms with Crippen molar-refractivity contribution in [3.63, 3.8) is 0 Å². The molecule has 0 aliphatic carbocycles. The van der Waals surface area contributed by atoms with Gasteiger partial charge in [0.05, 0.1) is 6.61 Å². The molecule has 0 aliphatic heterocycles. The summed E-state index contributed by atoms with van der Waals surface area (Å²) in [6.07, 6.45) is 1.68. The van der Waals surface area contributed by atoms with E-state index in [1.54, 1.807) is 24.3 Å². The number of esters is 1. The smallest absolute Gasteiger partial charge is 0.306 e. The topological polar surface area (TPSA) is 52.6 Å². The Morgan fingerprint density at radius 3 is 2.68 bits per heavy atom. The Balaban J connectivity index is 2.27. The number of rotatable bonds is 6. The largest absolute Gasteiger partial charge is 0.494 e. The number of carbonyl (C=O) groups excluding carboxylic acids is 2. The molecular weight excluding hydrogens is 244 g/mol. The van der Waals surface area contributed by atoms with Crippen LogP contribution in [0.2, 0.25) is 0 Å². The molecule has 0 radical (unpaired) electrons. The molecule has 1 aromatic carbocycles. The molecule has 1 rings (SSSR count). The molecule has 0 bridgehead atoms. The zero-order valence-corrected chi connectivity index (χ0v) is 11.6. The number of aldehydes is 1. The second-order valence-electron chi connectivity index (χ2n) is 5.23. The minimum Gasteiger partial charge on any atom is -0.494 e. The summed E-state index contributed by atoms with van der Waals surface area (Å²) in [4.78, 5) is 22.0. The minimum absolute atomic E-state index is 0.224. The molecule has 0 spiro atoms. The first-order valence-corrected chi connectivity index (χ1v) is 6.30. The van der Waals surface area contributed by atoms with E-state index in [0.29, 0.717) is 30.8 Å². The molecule has 19 heavy (non-hydrogen) atoms. The predicted molar refractivity (Wildman–Crippen MR) is 72.4 cm³/mol. The van der Waals surface area contributed by atoms with Gasteiger partial charge in [0, 0.05) is 12.0 Å². The van der Waals surface area contributed by atoms with Crippen molar-refractivity contribution in [2.75, 3.05) is 6.61 Å². The molecule has 4 heteroatoms. The molecule has 0 aromatic heterocycles. The van der Waals surface area contributed by atoms with E-state index >= 15 is 0 Å². The van der Waals surface area contributed by atoms with E-state index in [4.69, 9.17) is 9.47 Å². The summed E-state index contributed by atoms with van der Waals surface area (Å²) in [6.45, 7) is 5.94. The average molecular weight is 264 g/mol. The van der Waals surface area contributed by atoms with Gasteiger partial charge < -0.3 is 9.47 Å². The number of benzene rings is 1. The van der Waals surface area contributed by atoms with Crippen LogP contribution in [0.5, 0.6) is 5.75 Å². The van der Waals surface area contributed by atoms with Gasteiger partial charge in [0.2, 0.25) is 0 Å². The first-order chi connectivity index (χ1) is 8.90. The van der Waals surface area contributed by atoms with Crippen LogP contribution < -0.4 is 4.74 Å². The van der Waals surface area contributed by atoms with Crippen molar-refractivity contribution in [2.24, 2.45) is 0 Å². The maximum absolute atomic E-state index is 11.4. The Bertz CT molecular complexity index is 432. The highest BCUT2D eigenvalue weighted by Gasteiger charge is 2.15. The summed E-state index contributed by atoms with van der Waals surface area (Å²) in [5, 5.41) is 0. The van der Waals surface area contributed by atoms with Gasteiger partial charge in [0.1, 0.15) is 17.6 Å². The van der Waals surface area contributed by atoms with E-state index in [-0.39, 0.29) is 5.97 Å². The Morgan fingerprint density at radius 2 is 2.05 bits per heavy atom. The van der Waals surface area contributed by atoms with Crippen LogP contribution >= 0.6 is 0 Å². The van der Waals surface area contributed by atoms with Gasteiger partial charge in [-0.1, -0.05) is 12.1 Å². The van der Waals surface area contributed by atoms with Crippen LogP contribution in [0.1, 0.15) is 44.0 Å². The molecule has 1 aromatic rings. The number of ether oxygens (including phenoxy) is 2. The van der Waals surface area contributed by atoms with Crippen molar-refractivity contribution in [3.05, 3.63) is 29.8 Å². The summed E-state index contributed by atoms with van der Waals surface area (Å²) in [5.41, 5.74) is 0.126. The van der Waals surface area contributed by atoms with Gasteiger partial charge in [-0.15, -0.1) is 0 Å². The van der Waals surface area contributed by atoms with Gasteiger partial charge in [0.25, 0.3) is 0 Å². The Kier molecular flexibility index (Phi) is 5.55. The van der Waals surface area contributed by atoms with Crippen molar-refractivity contribution in [1.82, 2.24) is 0 Å². The molecule has 0 unspecified atom stereocenters. The van der Waals surface area contributed by atoms with Crippen LogP contribution in [0, 0.1) is 0 Å². The summed E-state index contributed by atoms with van der Waals surface area (Å²) in [5.74, 6) is 0.409. The molecule has 0 heterocycles. The second kappa shape index (κ2) is 6.92.